The van der Waals surface area contributed by atoms with Crippen molar-refractivity contribution in [3.63, 3.8) is 0 Å². The molecular weight excluding hydrogens is 224 g/mol. The Balaban J connectivity index is 3.39. The molecule has 0 aliphatic heterocycles. The molecule has 1 rings (SSSR count). The van der Waals surface area contributed by atoms with Gasteiger partial charge in [0.25, 0.3) is 0 Å². The lowest BCUT2D eigenvalue weighted by molar-refractivity contribution is 0.457. The Kier molecular flexibility index (Phi) is 3.51. The summed E-state index contributed by atoms with van der Waals surface area (Å²) in [5.74, 6) is -6.51. The quantitative estimate of drug-likeness (QED) is 0.363. The zero-order valence-electron chi connectivity index (χ0n) is 8.69. The van der Waals surface area contributed by atoms with E-state index in [1.54, 1.807) is 13.8 Å². The molecule has 0 saturated heterocycles. The lowest BCUT2D eigenvalue weighted by Crippen LogP contribution is -2.18. The fourth-order valence-corrected chi connectivity index (χ4v) is 0.917. The fraction of sp³-hybridized carbons (Fsp3) is 0.300. The van der Waals surface area contributed by atoms with Gasteiger partial charge in [0.05, 0.1) is 0 Å². The molecule has 0 saturated carbocycles. The zero-order valence-corrected chi connectivity index (χ0v) is 8.69. The molecule has 1 aromatic carbocycles. The summed E-state index contributed by atoms with van der Waals surface area (Å²) in [4.78, 5) is 3.34. The van der Waals surface area contributed by atoms with Crippen molar-refractivity contribution in [1.29, 1.82) is 0 Å². The molecule has 6 heteroatoms. The molecular formula is C10H10F4N2. The first kappa shape index (κ1) is 12.5. The second kappa shape index (κ2) is 4.51. The van der Waals surface area contributed by atoms with E-state index in [1.165, 1.54) is 0 Å². The van der Waals surface area contributed by atoms with Gasteiger partial charge in [-0.15, -0.1) is 0 Å². The molecule has 0 fully saturated rings. The third kappa shape index (κ3) is 2.32. The summed E-state index contributed by atoms with van der Waals surface area (Å²) in [6.07, 6.45) is 0. The zero-order chi connectivity index (χ0) is 12.5. The SMILES string of the molecule is CC(C)C(N)=Nc1c(F)c(F)cc(F)c1F. The molecule has 2 nitrogen and oxygen atoms in total. The highest BCUT2D eigenvalue weighted by atomic mass is 19.2. The molecule has 2 N–H and O–H groups in total. The number of aliphatic imine (C=N–C) groups is 1. The van der Waals surface area contributed by atoms with Crippen molar-refractivity contribution in [2.24, 2.45) is 16.6 Å². The van der Waals surface area contributed by atoms with Crippen molar-refractivity contribution < 1.29 is 17.6 Å². The van der Waals surface area contributed by atoms with Crippen molar-refractivity contribution >= 4 is 11.5 Å². The lowest BCUT2D eigenvalue weighted by Gasteiger charge is -2.06. The third-order valence-corrected chi connectivity index (χ3v) is 1.92. The van der Waals surface area contributed by atoms with Gasteiger partial charge in [0.15, 0.2) is 23.3 Å². The highest BCUT2D eigenvalue weighted by Gasteiger charge is 2.19. The standard InChI is InChI=1S/C10H10F4N2/c1-4(2)10(15)16-9-7(13)5(11)3-6(12)8(9)14/h3-4H,1-2H3,(H2,15,16). The molecule has 0 amide bonds. The number of benzene rings is 1. The van der Waals surface area contributed by atoms with Crippen LogP contribution in [0.1, 0.15) is 13.8 Å². The average molecular weight is 234 g/mol. The van der Waals surface area contributed by atoms with E-state index >= 15 is 0 Å². The number of hydrogen-bond donors (Lipinski definition) is 1. The van der Waals surface area contributed by atoms with E-state index in [0.29, 0.717) is 0 Å². The maximum atomic E-state index is 13.1. The van der Waals surface area contributed by atoms with Gasteiger partial charge in [0, 0.05) is 12.0 Å². The molecule has 0 aliphatic rings. The number of nitrogens with zero attached hydrogens (tertiary/aromatic N) is 1. The Bertz CT molecular complexity index is 415. The summed E-state index contributed by atoms with van der Waals surface area (Å²) >= 11 is 0. The highest BCUT2D eigenvalue weighted by molar-refractivity contribution is 5.84. The van der Waals surface area contributed by atoms with Crippen LogP contribution in [-0.2, 0) is 0 Å². The number of rotatable bonds is 2. The van der Waals surface area contributed by atoms with Crippen LogP contribution in [0.3, 0.4) is 0 Å². The maximum Gasteiger partial charge on any atom is 0.187 e. The van der Waals surface area contributed by atoms with Gasteiger partial charge in [0.2, 0.25) is 0 Å². The van der Waals surface area contributed by atoms with Crippen molar-refractivity contribution in [1.82, 2.24) is 0 Å². The molecule has 16 heavy (non-hydrogen) atoms. The minimum absolute atomic E-state index is 0.109. The van der Waals surface area contributed by atoms with Crippen LogP contribution < -0.4 is 5.73 Å². The smallest absolute Gasteiger partial charge is 0.187 e. The number of nitrogens with two attached hydrogens (primary N) is 1. The van der Waals surface area contributed by atoms with E-state index in [2.05, 4.69) is 4.99 Å². The first-order valence-corrected chi connectivity index (χ1v) is 4.51. The van der Waals surface area contributed by atoms with Crippen LogP contribution in [-0.4, -0.2) is 5.84 Å². The molecule has 0 aliphatic carbocycles. The van der Waals surface area contributed by atoms with Crippen molar-refractivity contribution in [2.75, 3.05) is 0 Å². The van der Waals surface area contributed by atoms with Crippen LogP contribution in [0.5, 0.6) is 0 Å². The average Bonchev–Trinajstić information content (AvgIpc) is 2.21. The summed E-state index contributed by atoms with van der Waals surface area (Å²) in [5, 5.41) is 0. The Morgan fingerprint density at radius 3 is 1.94 bits per heavy atom. The minimum atomic E-state index is -1.55. The highest BCUT2D eigenvalue weighted by Crippen LogP contribution is 2.27. The van der Waals surface area contributed by atoms with Gasteiger partial charge in [-0.25, -0.2) is 22.6 Å². The summed E-state index contributed by atoms with van der Waals surface area (Å²) in [5.41, 5.74) is 4.32. The minimum Gasteiger partial charge on any atom is -0.387 e. The predicted molar refractivity (Wildman–Crippen MR) is 52.4 cm³/mol. The fourth-order valence-electron chi connectivity index (χ4n) is 0.917. The first-order valence-electron chi connectivity index (χ1n) is 4.51. The van der Waals surface area contributed by atoms with E-state index in [4.69, 9.17) is 5.73 Å². The van der Waals surface area contributed by atoms with Gasteiger partial charge in [-0.3, -0.25) is 0 Å². The summed E-state index contributed by atoms with van der Waals surface area (Å²) < 4.78 is 51.8. The van der Waals surface area contributed by atoms with Crippen molar-refractivity contribution in [2.45, 2.75) is 13.8 Å². The van der Waals surface area contributed by atoms with Gasteiger partial charge < -0.3 is 5.73 Å². The summed E-state index contributed by atoms with van der Waals surface area (Å²) in [6.45, 7) is 3.26. The van der Waals surface area contributed by atoms with E-state index in [-0.39, 0.29) is 17.8 Å². The van der Waals surface area contributed by atoms with Crippen LogP contribution in [0, 0.1) is 29.2 Å². The van der Waals surface area contributed by atoms with Crippen LogP contribution in [0.15, 0.2) is 11.1 Å². The number of hydrogen-bond acceptors (Lipinski definition) is 1. The Morgan fingerprint density at radius 1 is 1.12 bits per heavy atom. The number of halogens is 4. The summed E-state index contributed by atoms with van der Waals surface area (Å²) in [6, 6.07) is 0.120. The predicted octanol–water partition coefficient (Wildman–Crippen LogP) is 2.89. The van der Waals surface area contributed by atoms with E-state index in [9.17, 15) is 17.6 Å². The lowest BCUT2D eigenvalue weighted by atomic mass is 10.2. The van der Waals surface area contributed by atoms with Gasteiger partial charge in [-0.1, -0.05) is 13.8 Å². The molecule has 0 heterocycles. The van der Waals surface area contributed by atoms with Gasteiger partial charge in [0.1, 0.15) is 11.5 Å². The molecule has 0 aromatic heterocycles. The second-order valence-electron chi connectivity index (χ2n) is 3.51. The van der Waals surface area contributed by atoms with Crippen LogP contribution in [0.2, 0.25) is 0 Å². The van der Waals surface area contributed by atoms with Crippen LogP contribution >= 0.6 is 0 Å². The normalized spacial score (nSPS) is 12.3. The maximum absolute atomic E-state index is 13.1. The molecule has 88 valence electrons. The Labute approximate surface area is 89.8 Å². The molecule has 0 unspecified atom stereocenters. The largest absolute Gasteiger partial charge is 0.387 e. The third-order valence-electron chi connectivity index (χ3n) is 1.92. The Morgan fingerprint density at radius 2 is 1.56 bits per heavy atom. The first-order chi connectivity index (χ1) is 7.34. The molecule has 1 aromatic rings. The molecule has 0 radical (unpaired) electrons. The topological polar surface area (TPSA) is 38.4 Å². The summed E-state index contributed by atoms with van der Waals surface area (Å²) in [7, 11) is 0. The molecule has 0 atom stereocenters. The van der Waals surface area contributed by atoms with Crippen LogP contribution in [0.4, 0.5) is 23.2 Å². The molecule has 0 spiro atoms. The van der Waals surface area contributed by atoms with E-state index in [1.807, 2.05) is 0 Å². The van der Waals surface area contributed by atoms with Crippen LogP contribution in [0.25, 0.3) is 0 Å². The number of amidine groups is 1. The van der Waals surface area contributed by atoms with Crippen molar-refractivity contribution in [3.05, 3.63) is 29.3 Å². The van der Waals surface area contributed by atoms with Crippen molar-refractivity contribution in [3.8, 4) is 0 Å². The van der Waals surface area contributed by atoms with Gasteiger partial charge >= 0.3 is 0 Å². The molecule has 0 bridgehead atoms. The van der Waals surface area contributed by atoms with Gasteiger partial charge in [-0.2, -0.15) is 0 Å². The van der Waals surface area contributed by atoms with E-state index < -0.39 is 29.0 Å². The Hall–Kier alpha value is -1.59. The second-order valence-corrected chi connectivity index (χ2v) is 3.51. The van der Waals surface area contributed by atoms with E-state index in [0.717, 1.165) is 0 Å². The van der Waals surface area contributed by atoms with Gasteiger partial charge in [-0.05, 0) is 0 Å². The monoisotopic (exact) mass is 234 g/mol.